The van der Waals surface area contributed by atoms with Gasteiger partial charge in [-0.25, -0.2) is 0 Å². The number of nitrogens with two attached hydrogens (primary N) is 1. The van der Waals surface area contributed by atoms with E-state index in [4.69, 9.17) is 10.5 Å². The summed E-state index contributed by atoms with van der Waals surface area (Å²) in [6.07, 6.45) is 3.43. The summed E-state index contributed by atoms with van der Waals surface area (Å²) in [6.45, 7) is 5.52. The summed E-state index contributed by atoms with van der Waals surface area (Å²) in [5.74, 6) is 1.83. The van der Waals surface area contributed by atoms with E-state index in [1.54, 1.807) is 23.1 Å². The maximum absolute atomic E-state index is 5.61. The van der Waals surface area contributed by atoms with Crippen LogP contribution in [0.2, 0.25) is 0 Å². The highest BCUT2D eigenvalue weighted by molar-refractivity contribution is 5.43. The number of hydrogen-bond donors (Lipinski definition) is 2. The normalized spacial score (nSPS) is 10.3. The van der Waals surface area contributed by atoms with Gasteiger partial charge in [0.15, 0.2) is 5.75 Å². The molecule has 0 radical (unpaired) electrons. The van der Waals surface area contributed by atoms with Crippen molar-refractivity contribution < 1.29 is 4.74 Å². The third-order valence-corrected chi connectivity index (χ3v) is 2.23. The van der Waals surface area contributed by atoms with Crippen molar-refractivity contribution in [3.63, 3.8) is 0 Å². The largest absolute Gasteiger partial charge is 0.435 e. The van der Waals surface area contributed by atoms with Crippen molar-refractivity contribution in [3.8, 4) is 11.6 Å². The molecule has 18 heavy (non-hydrogen) atoms. The minimum absolute atomic E-state index is 0.173. The molecule has 2 aromatic rings. The Morgan fingerprint density at radius 1 is 1.39 bits per heavy atom. The lowest BCUT2D eigenvalue weighted by molar-refractivity contribution is 0.462. The Labute approximate surface area is 105 Å². The van der Waals surface area contributed by atoms with Gasteiger partial charge in [-0.2, -0.15) is 15.1 Å². The van der Waals surface area contributed by atoms with E-state index in [-0.39, 0.29) is 5.95 Å². The van der Waals surface area contributed by atoms with Crippen molar-refractivity contribution in [2.24, 2.45) is 0 Å². The van der Waals surface area contributed by atoms with Crippen LogP contribution in [0.25, 0.3) is 0 Å². The van der Waals surface area contributed by atoms with E-state index in [2.05, 4.69) is 20.4 Å². The first-order chi connectivity index (χ1) is 8.71. The predicted molar refractivity (Wildman–Crippen MR) is 68.6 cm³/mol. The summed E-state index contributed by atoms with van der Waals surface area (Å²) in [6, 6.07) is 1.70. The molecule has 2 rings (SSSR count). The Bertz CT molecular complexity index is 524. The molecule has 0 aliphatic carbocycles. The van der Waals surface area contributed by atoms with E-state index in [1.165, 1.54) is 0 Å². The van der Waals surface area contributed by atoms with Gasteiger partial charge in [0.05, 0.1) is 12.4 Å². The summed E-state index contributed by atoms with van der Waals surface area (Å²) in [7, 11) is 0. The van der Waals surface area contributed by atoms with Gasteiger partial charge in [-0.15, -0.1) is 0 Å². The van der Waals surface area contributed by atoms with Crippen LogP contribution < -0.4 is 15.8 Å². The molecule has 0 saturated carbocycles. The first kappa shape index (κ1) is 12.2. The second-order valence-electron chi connectivity index (χ2n) is 3.61. The zero-order valence-corrected chi connectivity index (χ0v) is 10.4. The van der Waals surface area contributed by atoms with Gasteiger partial charge in [-0.3, -0.25) is 4.68 Å². The van der Waals surface area contributed by atoms with E-state index >= 15 is 0 Å². The van der Waals surface area contributed by atoms with Gasteiger partial charge >= 0.3 is 0 Å². The van der Waals surface area contributed by atoms with E-state index in [0.717, 1.165) is 13.1 Å². The molecule has 7 heteroatoms. The fourth-order valence-electron chi connectivity index (χ4n) is 1.46. The molecule has 0 amide bonds. The lowest BCUT2D eigenvalue weighted by atomic mass is 10.5. The van der Waals surface area contributed by atoms with Crippen LogP contribution in [0.5, 0.6) is 11.6 Å². The molecule has 0 unspecified atom stereocenters. The molecule has 7 nitrogen and oxygen atoms in total. The number of nitrogen functional groups attached to an aromatic ring is 1. The smallest absolute Gasteiger partial charge is 0.226 e. The average Bonchev–Trinajstić information content (AvgIpc) is 2.76. The van der Waals surface area contributed by atoms with Crippen molar-refractivity contribution in [1.82, 2.24) is 19.7 Å². The molecule has 0 saturated heterocycles. The van der Waals surface area contributed by atoms with Gasteiger partial charge < -0.3 is 15.8 Å². The molecular weight excluding hydrogens is 232 g/mol. The highest BCUT2D eigenvalue weighted by Gasteiger charge is 2.05. The SMILES string of the molecule is CCNc1cc(Oc2cnn(CC)c2)nc(N)n1. The Kier molecular flexibility index (Phi) is 3.61. The van der Waals surface area contributed by atoms with Crippen LogP contribution in [0.3, 0.4) is 0 Å². The number of rotatable bonds is 5. The summed E-state index contributed by atoms with van der Waals surface area (Å²) in [4.78, 5) is 8.06. The van der Waals surface area contributed by atoms with Crippen molar-refractivity contribution in [1.29, 1.82) is 0 Å². The zero-order chi connectivity index (χ0) is 13.0. The van der Waals surface area contributed by atoms with Crippen molar-refractivity contribution in [3.05, 3.63) is 18.5 Å². The molecule has 0 fully saturated rings. The molecule has 0 aliphatic rings. The Hall–Kier alpha value is -2.31. The zero-order valence-electron chi connectivity index (χ0n) is 10.4. The summed E-state index contributed by atoms with van der Waals surface area (Å²) < 4.78 is 7.34. The molecule has 0 bridgehead atoms. The van der Waals surface area contributed by atoms with Gasteiger partial charge in [0.1, 0.15) is 5.82 Å². The second kappa shape index (κ2) is 5.35. The topological polar surface area (TPSA) is 90.9 Å². The van der Waals surface area contributed by atoms with Crippen LogP contribution in [0, 0.1) is 0 Å². The minimum Gasteiger partial charge on any atom is -0.435 e. The second-order valence-corrected chi connectivity index (χ2v) is 3.61. The molecule has 2 aromatic heterocycles. The fourth-order valence-corrected chi connectivity index (χ4v) is 1.46. The van der Waals surface area contributed by atoms with Gasteiger partial charge in [-0.1, -0.05) is 0 Å². The van der Waals surface area contributed by atoms with E-state index in [0.29, 0.717) is 17.4 Å². The maximum atomic E-state index is 5.61. The highest BCUT2D eigenvalue weighted by Crippen LogP contribution is 2.21. The third-order valence-electron chi connectivity index (χ3n) is 2.23. The molecule has 0 spiro atoms. The van der Waals surface area contributed by atoms with Crippen LogP contribution in [0.15, 0.2) is 18.5 Å². The number of aromatic nitrogens is 4. The average molecular weight is 248 g/mol. The summed E-state index contributed by atoms with van der Waals surface area (Å²) >= 11 is 0. The van der Waals surface area contributed by atoms with Crippen molar-refractivity contribution in [2.45, 2.75) is 20.4 Å². The van der Waals surface area contributed by atoms with Crippen LogP contribution in [0.4, 0.5) is 11.8 Å². The molecular formula is C11H16N6O. The Morgan fingerprint density at radius 2 is 2.22 bits per heavy atom. The lowest BCUT2D eigenvalue weighted by Crippen LogP contribution is -2.04. The third kappa shape index (κ3) is 2.88. The summed E-state index contributed by atoms with van der Waals surface area (Å²) in [5, 5.41) is 7.17. The molecule has 0 atom stereocenters. The van der Waals surface area contributed by atoms with E-state index in [9.17, 15) is 0 Å². The van der Waals surface area contributed by atoms with Crippen molar-refractivity contribution in [2.75, 3.05) is 17.6 Å². The first-order valence-electron chi connectivity index (χ1n) is 5.80. The number of ether oxygens (including phenoxy) is 1. The quantitative estimate of drug-likeness (QED) is 0.833. The Balaban J connectivity index is 2.17. The molecule has 96 valence electrons. The van der Waals surface area contributed by atoms with E-state index in [1.807, 2.05) is 13.8 Å². The van der Waals surface area contributed by atoms with E-state index < -0.39 is 0 Å². The molecule has 0 aliphatic heterocycles. The first-order valence-corrected chi connectivity index (χ1v) is 5.80. The highest BCUT2D eigenvalue weighted by atomic mass is 16.5. The van der Waals surface area contributed by atoms with Crippen molar-refractivity contribution >= 4 is 11.8 Å². The minimum atomic E-state index is 0.173. The number of nitrogens with one attached hydrogen (secondary N) is 1. The molecule has 3 N–H and O–H groups in total. The fraction of sp³-hybridized carbons (Fsp3) is 0.364. The van der Waals surface area contributed by atoms with Gasteiger partial charge in [0, 0.05) is 19.2 Å². The molecule has 2 heterocycles. The standard InChI is InChI=1S/C11H16N6O/c1-3-13-9-5-10(16-11(12)15-9)18-8-6-14-17(4-2)7-8/h5-7H,3-4H2,1-2H3,(H3,12,13,15,16). The van der Waals surface area contributed by atoms with Crippen LogP contribution in [0.1, 0.15) is 13.8 Å². The number of hydrogen-bond acceptors (Lipinski definition) is 6. The van der Waals surface area contributed by atoms with Crippen LogP contribution in [-0.2, 0) is 6.54 Å². The number of anilines is 2. The van der Waals surface area contributed by atoms with Gasteiger partial charge in [-0.05, 0) is 13.8 Å². The van der Waals surface area contributed by atoms with Crippen LogP contribution in [-0.4, -0.2) is 26.3 Å². The number of aryl methyl sites for hydroxylation is 1. The maximum Gasteiger partial charge on any atom is 0.226 e. The van der Waals surface area contributed by atoms with Crippen LogP contribution >= 0.6 is 0 Å². The predicted octanol–water partition coefficient (Wildman–Crippen LogP) is 1.50. The molecule has 0 aromatic carbocycles. The Morgan fingerprint density at radius 3 is 2.89 bits per heavy atom. The summed E-state index contributed by atoms with van der Waals surface area (Å²) in [5.41, 5.74) is 5.61. The van der Waals surface area contributed by atoms with Gasteiger partial charge in [0.25, 0.3) is 0 Å². The number of nitrogens with zero attached hydrogens (tertiary/aromatic N) is 4. The monoisotopic (exact) mass is 248 g/mol. The van der Waals surface area contributed by atoms with Gasteiger partial charge in [0.2, 0.25) is 11.8 Å². The lowest BCUT2D eigenvalue weighted by Gasteiger charge is -2.06.